The minimum Gasteiger partial charge on any atom is -0.464 e. The van der Waals surface area contributed by atoms with Gasteiger partial charge in [0, 0.05) is 0 Å². The smallest absolute Gasteiger partial charge is 0.293 e. The fourth-order valence-electron chi connectivity index (χ4n) is 0.332. The van der Waals surface area contributed by atoms with Crippen LogP contribution in [0.5, 0.6) is 0 Å². The molecule has 0 aromatic rings. The van der Waals surface area contributed by atoms with Crippen molar-refractivity contribution in [1.82, 2.24) is 0 Å². The van der Waals surface area contributed by atoms with Crippen LogP contribution in [0.15, 0.2) is 11.6 Å². The highest BCUT2D eigenvalue weighted by atomic mass is 16.5. The summed E-state index contributed by atoms with van der Waals surface area (Å²) < 4.78 is 4.42. The molecule has 0 heterocycles. The molecule has 0 N–H and O–H groups in total. The van der Waals surface area contributed by atoms with E-state index < -0.39 is 0 Å². The van der Waals surface area contributed by atoms with E-state index in [4.69, 9.17) is 0 Å². The van der Waals surface area contributed by atoms with E-state index in [0.717, 1.165) is 12.0 Å². The number of rotatable bonds is 4. The minimum absolute atomic E-state index is 0.366. The topological polar surface area (TPSA) is 26.3 Å². The lowest BCUT2D eigenvalue weighted by Gasteiger charge is -1.93. The standard InChI is InChI=1S/C7H11O2/c1-3-7(2)4-5-9-6-8/h4,6H,1,3,5H2,2H3/b7-4-. The second-order valence-electron chi connectivity index (χ2n) is 1.73. The lowest BCUT2D eigenvalue weighted by Crippen LogP contribution is -1.87. The summed E-state index contributed by atoms with van der Waals surface area (Å²) in [6.45, 7) is 6.40. The highest BCUT2D eigenvalue weighted by Crippen LogP contribution is 1.95. The van der Waals surface area contributed by atoms with Gasteiger partial charge in [-0.2, -0.15) is 0 Å². The zero-order valence-electron chi connectivity index (χ0n) is 5.59. The van der Waals surface area contributed by atoms with Crippen molar-refractivity contribution >= 4 is 6.47 Å². The zero-order chi connectivity index (χ0) is 7.11. The molecule has 0 aromatic heterocycles. The predicted molar refractivity (Wildman–Crippen MR) is 35.7 cm³/mol. The number of hydrogen-bond acceptors (Lipinski definition) is 2. The molecule has 0 rings (SSSR count). The van der Waals surface area contributed by atoms with E-state index in [-0.39, 0.29) is 0 Å². The molecule has 0 saturated carbocycles. The maximum Gasteiger partial charge on any atom is 0.293 e. The third-order valence-electron chi connectivity index (χ3n) is 0.990. The second-order valence-corrected chi connectivity index (χ2v) is 1.73. The van der Waals surface area contributed by atoms with Crippen LogP contribution in [0.25, 0.3) is 0 Å². The van der Waals surface area contributed by atoms with Gasteiger partial charge in [0.2, 0.25) is 0 Å². The molecule has 1 radical (unpaired) electrons. The first-order chi connectivity index (χ1) is 4.31. The van der Waals surface area contributed by atoms with Crippen LogP contribution < -0.4 is 0 Å². The molecule has 2 nitrogen and oxygen atoms in total. The molecule has 0 saturated heterocycles. The number of ether oxygens (including phenoxy) is 1. The Balaban J connectivity index is 3.31. The molecule has 0 aliphatic heterocycles. The maximum absolute atomic E-state index is 9.61. The van der Waals surface area contributed by atoms with Gasteiger partial charge in [0.25, 0.3) is 6.47 Å². The van der Waals surface area contributed by atoms with Crippen molar-refractivity contribution in [2.45, 2.75) is 13.3 Å². The van der Waals surface area contributed by atoms with Crippen molar-refractivity contribution in [3.05, 3.63) is 18.6 Å². The molecule has 0 unspecified atom stereocenters. The lowest BCUT2D eigenvalue weighted by molar-refractivity contribution is -0.127. The molecule has 9 heavy (non-hydrogen) atoms. The number of allylic oxidation sites excluding steroid dienone is 1. The van der Waals surface area contributed by atoms with Crippen LogP contribution in [0.1, 0.15) is 13.3 Å². The number of carbonyl (C=O) groups excluding carboxylic acids is 1. The largest absolute Gasteiger partial charge is 0.464 e. The highest BCUT2D eigenvalue weighted by Gasteiger charge is 1.81. The Morgan fingerprint density at radius 2 is 2.44 bits per heavy atom. The molecular formula is C7H11O2. The van der Waals surface area contributed by atoms with Gasteiger partial charge in [-0.3, -0.25) is 4.79 Å². The summed E-state index contributed by atoms with van der Waals surface area (Å²) in [6, 6.07) is 0. The number of hydrogen-bond donors (Lipinski definition) is 0. The summed E-state index contributed by atoms with van der Waals surface area (Å²) in [5.74, 6) is 0. The Kier molecular flexibility index (Phi) is 4.88. The predicted octanol–water partition coefficient (Wildman–Crippen LogP) is 1.33. The molecule has 0 bridgehead atoms. The van der Waals surface area contributed by atoms with Gasteiger partial charge in [-0.25, -0.2) is 0 Å². The average molecular weight is 127 g/mol. The highest BCUT2D eigenvalue weighted by molar-refractivity contribution is 5.37. The van der Waals surface area contributed by atoms with Crippen molar-refractivity contribution in [3.63, 3.8) is 0 Å². The Morgan fingerprint density at radius 1 is 1.78 bits per heavy atom. The van der Waals surface area contributed by atoms with Gasteiger partial charge in [-0.15, -0.1) is 0 Å². The van der Waals surface area contributed by atoms with Crippen molar-refractivity contribution in [2.75, 3.05) is 6.61 Å². The normalized spacial score (nSPS) is 11.1. The van der Waals surface area contributed by atoms with Crippen LogP contribution >= 0.6 is 0 Å². The van der Waals surface area contributed by atoms with Crippen LogP contribution in [0.3, 0.4) is 0 Å². The summed E-state index contributed by atoms with van der Waals surface area (Å²) in [7, 11) is 0. The summed E-state index contributed by atoms with van der Waals surface area (Å²) in [5, 5.41) is 0. The Hall–Kier alpha value is -0.790. The monoisotopic (exact) mass is 127 g/mol. The molecule has 0 atom stereocenters. The van der Waals surface area contributed by atoms with Gasteiger partial charge in [0.05, 0.1) is 0 Å². The van der Waals surface area contributed by atoms with Crippen LogP contribution in [-0.2, 0) is 9.53 Å². The first kappa shape index (κ1) is 8.21. The SMILES string of the molecule is [CH2]C/C(C)=C\COC=O. The fourth-order valence-corrected chi connectivity index (χ4v) is 0.332. The van der Waals surface area contributed by atoms with Gasteiger partial charge in [0.15, 0.2) is 0 Å². The van der Waals surface area contributed by atoms with Gasteiger partial charge in [0.1, 0.15) is 6.61 Å². The van der Waals surface area contributed by atoms with E-state index in [1.54, 1.807) is 0 Å². The Bertz CT molecular complexity index is 105. The zero-order valence-corrected chi connectivity index (χ0v) is 5.59. The minimum atomic E-state index is 0.366. The third kappa shape index (κ3) is 5.07. The maximum atomic E-state index is 9.61. The van der Waals surface area contributed by atoms with Crippen LogP contribution in [0, 0.1) is 6.92 Å². The number of carbonyl (C=O) groups is 1. The van der Waals surface area contributed by atoms with E-state index in [9.17, 15) is 4.79 Å². The van der Waals surface area contributed by atoms with Crippen LogP contribution in [0.4, 0.5) is 0 Å². The molecular weight excluding hydrogens is 116 g/mol. The molecule has 0 aliphatic rings. The van der Waals surface area contributed by atoms with Crippen molar-refractivity contribution < 1.29 is 9.53 Å². The quantitative estimate of drug-likeness (QED) is 0.323. The molecule has 0 aromatic carbocycles. The fraction of sp³-hybridized carbons (Fsp3) is 0.429. The lowest BCUT2D eigenvalue weighted by atomic mass is 10.2. The van der Waals surface area contributed by atoms with Gasteiger partial charge in [-0.1, -0.05) is 5.57 Å². The second kappa shape index (κ2) is 5.35. The molecule has 51 valence electrons. The Labute approximate surface area is 55.5 Å². The van der Waals surface area contributed by atoms with E-state index in [1.807, 2.05) is 13.0 Å². The van der Waals surface area contributed by atoms with E-state index in [2.05, 4.69) is 11.7 Å². The van der Waals surface area contributed by atoms with Crippen molar-refractivity contribution in [3.8, 4) is 0 Å². The van der Waals surface area contributed by atoms with Gasteiger partial charge in [-0.05, 0) is 26.3 Å². The molecule has 2 heteroatoms. The van der Waals surface area contributed by atoms with E-state index in [1.165, 1.54) is 0 Å². The molecule has 0 spiro atoms. The van der Waals surface area contributed by atoms with Gasteiger partial charge < -0.3 is 4.74 Å². The first-order valence-corrected chi connectivity index (χ1v) is 2.81. The average Bonchev–Trinajstić information content (AvgIpc) is 1.89. The third-order valence-corrected chi connectivity index (χ3v) is 0.990. The molecule has 0 fully saturated rings. The summed E-state index contributed by atoms with van der Waals surface area (Å²) in [4.78, 5) is 9.61. The summed E-state index contributed by atoms with van der Waals surface area (Å²) >= 11 is 0. The van der Waals surface area contributed by atoms with E-state index >= 15 is 0 Å². The summed E-state index contributed by atoms with van der Waals surface area (Å²) in [5.41, 5.74) is 1.14. The van der Waals surface area contributed by atoms with E-state index in [0.29, 0.717) is 13.1 Å². The van der Waals surface area contributed by atoms with Gasteiger partial charge >= 0.3 is 0 Å². The first-order valence-electron chi connectivity index (χ1n) is 2.81. The summed E-state index contributed by atoms with van der Waals surface area (Å²) in [6.07, 6.45) is 2.60. The Morgan fingerprint density at radius 3 is 2.89 bits per heavy atom. The molecule has 0 aliphatic carbocycles. The van der Waals surface area contributed by atoms with Crippen molar-refractivity contribution in [1.29, 1.82) is 0 Å². The van der Waals surface area contributed by atoms with Crippen LogP contribution in [0.2, 0.25) is 0 Å². The van der Waals surface area contributed by atoms with Crippen molar-refractivity contribution in [2.24, 2.45) is 0 Å². The molecule has 0 amide bonds. The van der Waals surface area contributed by atoms with Crippen LogP contribution in [-0.4, -0.2) is 13.1 Å².